The Morgan fingerprint density at radius 3 is 2.76 bits per heavy atom. The summed E-state index contributed by atoms with van der Waals surface area (Å²) in [7, 11) is 0. The number of aromatic nitrogens is 2. The number of benzene rings is 1. The van der Waals surface area contributed by atoms with Gasteiger partial charge in [-0.25, -0.2) is 4.98 Å². The summed E-state index contributed by atoms with van der Waals surface area (Å²) < 4.78 is 5.50. The van der Waals surface area contributed by atoms with Gasteiger partial charge in [0.2, 0.25) is 5.95 Å². The molecule has 0 saturated heterocycles. The molecule has 0 aliphatic heterocycles. The lowest BCUT2D eigenvalue weighted by Gasteiger charge is -2.10. The van der Waals surface area contributed by atoms with Crippen LogP contribution in [0.5, 0.6) is 5.75 Å². The van der Waals surface area contributed by atoms with Crippen LogP contribution in [0.4, 0.5) is 17.5 Å². The molecule has 5 heteroatoms. The number of ether oxygens (including phenoxy) is 1. The first-order valence-corrected chi connectivity index (χ1v) is 7.30. The van der Waals surface area contributed by atoms with Crippen LogP contribution in [0.1, 0.15) is 26.0 Å². The fourth-order valence-corrected chi connectivity index (χ4v) is 1.93. The van der Waals surface area contributed by atoms with Crippen molar-refractivity contribution in [2.75, 3.05) is 23.8 Å². The Balaban J connectivity index is 2.14. The topological polar surface area (TPSA) is 59.1 Å². The summed E-state index contributed by atoms with van der Waals surface area (Å²) in [6.45, 7) is 7.56. The summed E-state index contributed by atoms with van der Waals surface area (Å²) in [5.74, 6) is 2.27. The van der Waals surface area contributed by atoms with Crippen LogP contribution in [0.15, 0.2) is 30.3 Å². The molecular weight excluding hydrogens is 264 g/mol. The number of hydrogen-bond acceptors (Lipinski definition) is 5. The Labute approximate surface area is 125 Å². The normalized spacial score (nSPS) is 10.2. The number of nitrogens with zero attached hydrogens (tertiary/aromatic N) is 2. The molecule has 2 rings (SSSR count). The molecule has 1 aromatic heterocycles. The third-order valence-corrected chi connectivity index (χ3v) is 2.80. The molecule has 0 aliphatic carbocycles. The summed E-state index contributed by atoms with van der Waals surface area (Å²) in [5, 5.41) is 6.50. The van der Waals surface area contributed by atoms with Gasteiger partial charge >= 0.3 is 0 Å². The van der Waals surface area contributed by atoms with Gasteiger partial charge in [-0.15, -0.1) is 0 Å². The standard InChI is InChI=1S/C16H22N4O/c1-4-9-17-16-18-12(3)10-15(20-16)19-13-7-6-8-14(11-13)21-5-2/h6-8,10-11H,4-5,9H2,1-3H3,(H2,17,18,19,20). The minimum absolute atomic E-state index is 0.653. The smallest absolute Gasteiger partial charge is 0.224 e. The molecule has 2 aromatic rings. The zero-order valence-corrected chi connectivity index (χ0v) is 12.8. The van der Waals surface area contributed by atoms with Crippen LogP contribution < -0.4 is 15.4 Å². The number of rotatable bonds is 7. The van der Waals surface area contributed by atoms with E-state index in [1.165, 1.54) is 0 Å². The van der Waals surface area contributed by atoms with Gasteiger partial charge in [-0.2, -0.15) is 4.98 Å². The molecule has 1 aromatic carbocycles. The molecule has 1 heterocycles. The van der Waals surface area contributed by atoms with Crippen molar-refractivity contribution in [3.63, 3.8) is 0 Å². The highest BCUT2D eigenvalue weighted by Crippen LogP contribution is 2.21. The van der Waals surface area contributed by atoms with Gasteiger partial charge in [0.25, 0.3) is 0 Å². The number of aryl methyl sites for hydroxylation is 1. The molecule has 0 radical (unpaired) electrons. The molecule has 2 N–H and O–H groups in total. The van der Waals surface area contributed by atoms with E-state index in [-0.39, 0.29) is 0 Å². The third kappa shape index (κ3) is 4.63. The minimum Gasteiger partial charge on any atom is -0.494 e. The van der Waals surface area contributed by atoms with Crippen molar-refractivity contribution in [3.05, 3.63) is 36.0 Å². The zero-order chi connectivity index (χ0) is 15.1. The van der Waals surface area contributed by atoms with Crippen LogP contribution >= 0.6 is 0 Å². The molecule has 0 spiro atoms. The highest BCUT2D eigenvalue weighted by molar-refractivity contribution is 5.59. The van der Waals surface area contributed by atoms with Gasteiger partial charge in [0.1, 0.15) is 11.6 Å². The summed E-state index contributed by atoms with van der Waals surface area (Å²) >= 11 is 0. The quantitative estimate of drug-likeness (QED) is 0.811. The van der Waals surface area contributed by atoms with Crippen molar-refractivity contribution >= 4 is 17.5 Å². The van der Waals surface area contributed by atoms with Gasteiger partial charge in [0.05, 0.1) is 6.61 Å². The Morgan fingerprint density at radius 1 is 1.14 bits per heavy atom. The first-order valence-electron chi connectivity index (χ1n) is 7.30. The van der Waals surface area contributed by atoms with E-state index < -0.39 is 0 Å². The van der Waals surface area contributed by atoms with E-state index in [0.29, 0.717) is 12.6 Å². The van der Waals surface area contributed by atoms with Crippen LogP contribution in [0.2, 0.25) is 0 Å². The van der Waals surface area contributed by atoms with Crippen LogP contribution in [0, 0.1) is 6.92 Å². The van der Waals surface area contributed by atoms with Crippen molar-refractivity contribution in [1.29, 1.82) is 0 Å². The van der Waals surface area contributed by atoms with Crippen molar-refractivity contribution in [2.24, 2.45) is 0 Å². The lowest BCUT2D eigenvalue weighted by atomic mass is 10.3. The van der Waals surface area contributed by atoms with Crippen molar-refractivity contribution in [1.82, 2.24) is 9.97 Å². The molecule has 112 valence electrons. The van der Waals surface area contributed by atoms with E-state index in [2.05, 4.69) is 27.5 Å². The maximum atomic E-state index is 5.50. The second-order valence-electron chi connectivity index (χ2n) is 4.73. The van der Waals surface area contributed by atoms with E-state index in [0.717, 1.165) is 35.9 Å². The molecule has 0 fully saturated rings. The Bertz CT molecular complexity index is 586. The number of hydrogen-bond donors (Lipinski definition) is 2. The van der Waals surface area contributed by atoms with E-state index in [1.807, 2.05) is 44.2 Å². The first kappa shape index (κ1) is 15.1. The lowest BCUT2D eigenvalue weighted by molar-refractivity contribution is 0.340. The maximum absolute atomic E-state index is 5.50. The Kier molecular flexibility index (Phi) is 5.37. The van der Waals surface area contributed by atoms with Gasteiger partial charge in [-0.1, -0.05) is 13.0 Å². The Hall–Kier alpha value is -2.30. The molecule has 21 heavy (non-hydrogen) atoms. The third-order valence-electron chi connectivity index (χ3n) is 2.80. The SMILES string of the molecule is CCCNc1nc(C)cc(Nc2cccc(OCC)c2)n1. The molecular formula is C16H22N4O. The van der Waals surface area contributed by atoms with Gasteiger partial charge in [-0.3, -0.25) is 0 Å². The average Bonchev–Trinajstić information content (AvgIpc) is 2.45. The first-order chi connectivity index (χ1) is 10.2. The molecule has 5 nitrogen and oxygen atoms in total. The molecule has 0 saturated carbocycles. The largest absolute Gasteiger partial charge is 0.494 e. The summed E-state index contributed by atoms with van der Waals surface area (Å²) in [4.78, 5) is 8.84. The van der Waals surface area contributed by atoms with Crippen LogP contribution in [0.25, 0.3) is 0 Å². The highest BCUT2D eigenvalue weighted by atomic mass is 16.5. The molecule has 0 aliphatic rings. The molecule has 0 bridgehead atoms. The second kappa shape index (κ2) is 7.47. The van der Waals surface area contributed by atoms with Gasteiger partial charge < -0.3 is 15.4 Å². The molecule has 0 atom stereocenters. The summed E-state index contributed by atoms with van der Waals surface area (Å²) in [6, 6.07) is 9.76. The summed E-state index contributed by atoms with van der Waals surface area (Å²) in [6.07, 6.45) is 1.04. The predicted octanol–water partition coefficient (Wildman–Crippen LogP) is 3.75. The van der Waals surface area contributed by atoms with Crippen molar-refractivity contribution < 1.29 is 4.74 Å². The zero-order valence-electron chi connectivity index (χ0n) is 12.8. The van der Waals surface area contributed by atoms with Crippen LogP contribution in [-0.2, 0) is 0 Å². The van der Waals surface area contributed by atoms with E-state index in [9.17, 15) is 0 Å². The lowest BCUT2D eigenvalue weighted by Crippen LogP contribution is -2.06. The fraction of sp³-hybridized carbons (Fsp3) is 0.375. The Morgan fingerprint density at radius 2 is 2.00 bits per heavy atom. The highest BCUT2D eigenvalue weighted by Gasteiger charge is 2.03. The molecule has 0 unspecified atom stereocenters. The monoisotopic (exact) mass is 286 g/mol. The maximum Gasteiger partial charge on any atom is 0.224 e. The number of nitrogens with one attached hydrogen (secondary N) is 2. The average molecular weight is 286 g/mol. The van der Waals surface area contributed by atoms with Crippen LogP contribution in [-0.4, -0.2) is 23.1 Å². The summed E-state index contributed by atoms with van der Waals surface area (Å²) in [5.41, 5.74) is 1.87. The second-order valence-corrected chi connectivity index (χ2v) is 4.73. The van der Waals surface area contributed by atoms with Crippen LogP contribution in [0.3, 0.4) is 0 Å². The minimum atomic E-state index is 0.653. The number of anilines is 3. The predicted molar refractivity (Wildman–Crippen MR) is 86.4 cm³/mol. The van der Waals surface area contributed by atoms with Gasteiger partial charge in [0.15, 0.2) is 0 Å². The van der Waals surface area contributed by atoms with Crippen molar-refractivity contribution in [2.45, 2.75) is 27.2 Å². The fourth-order valence-electron chi connectivity index (χ4n) is 1.93. The van der Waals surface area contributed by atoms with E-state index in [1.54, 1.807) is 0 Å². The molecule has 0 amide bonds. The van der Waals surface area contributed by atoms with Gasteiger partial charge in [-0.05, 0) is 32.4 Å². The van der Waals surface area contributed by atoms with E-state index >= 15 is 0 Å². The van der Waals surface area contributed by atoms with Gasteiger partial charge in [0, 0.05) is 30.1 Å². The van der Waals surface area contributed by atoms with E-state index in [4.69, 9.17) is 4.74 Å². The van der Waals surface area contributed by atoms with Crippen molar-refractivity contribution in [3.8, 4) is 5.75 Å².